The van der Waals surface area contributed by atoms with E-state index in [9.17, 15) is 99.0 Å². The summed E-state index contributed by atoms with van der Waals surface area (Å²) in [6.07, 6.45) is 17.4. The molecule has 5 aliphatic heterocycles. The molecular weight excluding hydrogens is 1770 g/mol. The third-order valence-corrected chi connectivity index (χ3v) is 28.8. The lowest BCUT2D eigenvalue weighted by Crippen LogP contribution is -2.45. The molecule has 5 saturated heterocycles. The van der Waals surface area contributed by atoms with E-state index in [1.165, 1.54) is 23.5 Å². The number of aromatic nitrogens is 5. The van der Waals surface area contributed by atoms with Crippen LogP contribution in [0.5, 0.6) is 28.7 Å². The number of benzene rings is 5. The molecule has 18 N–H and O–H groups in total. The van der Waals surface area contributed by atoms with Gasteiger partial charge in [0, 0.05) is 181 Å². The van der Waals surface area contributed by atoms with Crippen molar-refractivity contribution in [1.29, 1.82) is 0 Å². The Kier molecular flexibility index (Phi) is 29.5. The van der Waals surface area contributed by atoms with Crippen LogP contribution >= 0.6 is 0 Å². The monoisotopic (exact) mass is 1890 g/mol. The summed E-state index contributed by atoms with van der Waals surface area (Å²) in [5.74, 6) is -9.09. The van der Waals surface area contributed by atoms with Crippen LogP contribution in [0.3, 0.4) is 0 Å². The van der Waals surface area contributed by atoms with Gasteiger partial charge in [0.05, 0.1) is 28.5 Å². The van der Waals surface area contributed by atoms with Crippen molar-refractivity contribution in [2.45, 2.75) is 153 Å². The molecule has 0 bridgehead atoms. The first-order chi connectivity index (χ1) is 66.3. The van der Waals surface area contributed by atoms with Crippen molar-refractivity contribution in [1.82, 2.24) is 50.3 Å². The Bertz CT molecular complexity index is 6680. The number of piperazine rings is 2. The van der Waals surface area contributed by atoms with E-state index in [-0.39, 0.29) is 0 Å². The van der Waals surface area contributed by atoms with Crippen LogP contribution in [-0.4, -0.2) is 266 Å². The summed E-state index contributed by atoms with van der Waals surface area (Å²) in [5.41, 5.74) is 14.1. The topological polar surface area (TPSA) is 511 Å². The number of aromatic amines is 5. The summed E-state index contributed by atoms with van der Waals surface area (Å²) in [4.78, 5) is 148. The van der Waals surface area contributed by atoms with E-state index >= 15 is 0 Å². The van der Waals surface area contributed by atoms with Crippen molar-refractivity contribution in [3.8, 4) is 85.0 Å². The van der Waals surface area contributed by atoms with Gasteiger partial charge >= 0.3 is 29.8 Å². The molecule has 5 aromatic carbocycles. The Labute approximate surface area is 795 Å². The number of hydrogen-bond donors (Lipinski definition) is 18. The van der Waals surface area contributed by atoms with Crippen LogP contribution in [0, 0.1) is 0 Å². The van der Waals surface area contributed by atoms with Crippen molar-refractivity contribution < 1.29 is 75.0 Å². The number of aromatic carboxylic acids is 5. The Balaban J connectivity index is 0.000000125. The molecule has 10 aromatic rings. The Morgan fingerprint density at radius 3 is 0.928 bits per heavy atom. The standard InChI is InChI=1S/2C22H27N3O4.2C20H23N3O4.C19H21N3O4/c1-24(2)15-6-4-10-25(12-15)14-8-9-16-13(11-14)5-3-7-17-19(16)23-21(27)18(20(17)26)22(28)29;1-24(2)14-8-10-25(11-9-14)15-6-7-16-13(12-15)4-3-5-17-19(16)23-21(27)18(20(17)26)22(28)29;1-22-7-9-23(10-8-22)13-5-6-14-12(11-13)3-2-4-15-17(14)21-19(25)16(18(15)24)20(26)27;24-18-15-3-1-2-11-10-13(22-12-6-8-21-9-7-12)4-5-14(11)17(15)23-19(25)16(18)20(26)27;23-17-14-3-1-2-11-10-12(22-8-6-20-7-9-22)4-5-13(11)16(14)21-18(24)15(17)19(25)26/h8-9,11,15H,3-7,10,12H2,1-2H3,(H,28,29)(H2,23,26,27);6-7,12,14H,3-5,8-11H2,1-2H3,(H,28,29)(H2,23,26,27);5-6,11H,2-4,7-10H2,1H3,(H,26,27)(H2,21,24,25);4-5,10,12,21-22H,1-3,6-9H2,(H,26,27)(H2,23,24,25);4-5,10,20H,1-3,6-9H2,(H,25,26)(H2,21,23,24). The van der Waals surface area contributed by atoms with E-state index in [0.717, 1.165) is 255 Å². The quantitative estimate of drug-likeness (QED) is 0.0510. The van der Waals surface area contributed by atoms with Crippen LogP contribution in [0.1, 0.15) is 178 Å². The minimum absolute atomic E-state index is 0.404. The zero-order valence-electron chi connectivity index (χ0n) is 78.3. The van der Waals surface area contributed by atoms with Crippen LogP contribution in [0.4, 0.5) is 28.4 Å². The highest BCUT2D eigenvalue weighted by atomic mass is 16.4. The van der Waals surface area contributed by atoms with E-state index in [1.807, 2.05) is 48.5 Å². The fourth-order valence-corrected chi connectivity index (χ4v) is 21.3. The van der Waals surface area contributed by atoms with Gasteiger partial charge in [0.2, 0.25) is 0 Å². The number of hydrogen-bond acceptors (Lipinski definition) is 25. The van der Waals surface area contributed by atoms with Crippen LogP contribution in [0.15, 0.2) is 115 Å². The molecule has 5 fully saturated rings. The van der Waals surface area contributed by atoms with E-state index in [4.69, 9.17) is 0 Å². The Hall–Kier alpha value is -14.0. The minimum atomic E-state index is -1.41. The van der Waals surface area contributed by atoms with E-state index in [1.54, 1.807) is 0 Å². The molecule has 138 heavy (non-hydrogen) atoms. The first kappa shape index (κ1) is 97.1. The molecule has 0 saturated carbocycles. The second kappa shape index (κ2) is 41.9. The van der Waals surface area contributed by atoms with Gasteiger partial charge in [-0.15, -0.1) is 0 Å². The number of nitrogens with one attached hydrogen (secondary N) is 8. The number of carbonyl (C=O) groups is 5. The van der Waals surface area contributed by atoms with E-state index in [2.05, 4.69) is 153 Å². The highest BCUT2D eigenvalue weighted by Gasteiger charge is 2.35. The third-order valence-electron chi connectivity index (χ3n) is 28.8. The molecule has 0 spiro atoms. The van der Waals surface area contributed by atoms with Gasteiger partial charge in [-0.25, -0.2) is 24.0 Å². The second-order valence-corrected chi connectivity index (χ2v) is 37.8. The predicted octanol–water partition coefficient (Wildman–Crippen LogP) is 10.1. The first-order valence-corrected chi connectivity index (χ1v) is 47.7. The van der Waals surface area contributed by atoms with Gasteiger partial charge in [-0.3, -0.25) is 24.0 Å². The largest absolute Gasteiger partial charge is 0.506 e. The Morgan fingerprint density at radius 2 is 0.609 bits per heavy atom. The molecule has 10 heterocycles. The molecule has 10 aliphatic rings. The maximum Gasteiger partial charge on any atom is 0.345 e. The second-order valence-electron chi connectivity index (χ2n) is 37.8. The molecule has 1 atom stereocenters. The van der Waals surface area contributed by atoms with Crippen LogP contribution in [0.25, 0.3) is 56.3 Å². The summed E-state index contributed by atoms with van der Waals surface area (Å²) >= 11 is 0. The van der Waals surface area contributed by atoms with Gasteiger partial charge in [-0.2, -0.15) is 0 Å². The average molecular weight is 1890 g/mol. The molecule has 35 nitrogen and oxygen atoms in total. The number of H-pyrrole nitrogens is 5. The molecule has 0 radical (unpaired) electrons. The van der Waals surface area contributed by atoms with Gasteiger partial charge in [0.25, 0.3) is 27.8 Å². The summed E-state index contributed by atoms with van der Waals surface area (Å²) in [6.45, 7) is 13.9. The fourth-order valence-electron chi connectivity index (χ4n) is 21.3. The number of carboxylic acids is 5. The molecule has 5 aromatic heterocycles. The van der Waals surface area contributed by atoms with Gasteiger partial charge in [0.15, 0.2) is 27.8 Å². The highest BCUT2D eigenvalue weighted by Crippen LogP contribution is 2.45. The summed E-state index contributed by atoms with van der Waals surface area (Å²) < 4.78 is 0. The number of aryl methyl sites for hydroxylation is 5. The summed E-state index contributed by atoms with van der Waals surface area (Å²) in [5, 5.41) is 109. The van der Waals surface area contributed by atoms with Crippen molar-refractivity contribution >= 4 is 58.3 Å². The number of nitrogens with zero attached hydrogens (tertiary/aromatic N) is 7. The maximum atomic E-state index is 12.3. The molecule has 35 heteroatoms. The third kappa shape index (κ3) is 20.5. The Morgan fingerprint density at radius 1 is 0.319 bits per heavy atom. The van der Waals surface area contributed by atoms with Crippen LogP contribution in [0.2, 0.25) is 0 Å². The number of carboxylic acid groups (broad SMARTS) is 5. The predicted molar refractivity (Wildman–Crippen MR) is 528 cm³/mol. The smallest absolute Gasteiger partial charge is 0.345 e. The zero-order chi connectivity index (χ0) is 97.8. The van der Waals surface area contributed by atoms with Crippen molar-refractivity contribution in [2.75, 3.05) is 152 Å². The molecule has 0 amide bonds. The summed E-state index contributed by atoms with van der Waals surface area (Å²) in [7, 11) is 10.6. The lowest BCUT2D eigenvalue weighted by atomic mass is 9.98. The number of rotatable bonds is 13. The SMILES string of the molecule is CN(C)C1CCCN(c2ccc3c(c2)CCCc2c-3[nH]c(=O)c(C(=O)O)c2O)C1.CN(C)C1CCN(c2ccc3c(c2)CCCc2c-3[nH]c(=O)c(C(=O)O)c2O)CC1.CN1CCN(c2ccc3c(c2)CCCc2c-3[nH]c(=O)c(C(=O)O)c2O)CC1.O=C(O)c1c(O)c2c([nH]c1=O)-c1ccc(N3CCNCC3)cc1CCC2.O=C(O)c1c(O)c2c([nH]c1=O)-c1ccc(NC3CCNCC3)cc1CCC2. The van der Waals surface area contributed by atoms with Crippen molar-refractivity contribution in [3.63, 3.8) is 0 Å². The normalized spacial score (nSPS) is 17.3. The summed E-state index contributed by atoms with van der Waals surface area (Å²) in [6, 6.07) is 32.4. The van der Waals surface area contributed by atoms with Gasteiger partial charge in [-0.1, -0.05) is 30.3 Å². The molecule has 5 aliphatic carbocycles. The van der Waals surface area contributed by atoms with E-state index in [0.29, 0.717) is 107 Å². The number of anilines is 5. The van der Waals surface area contributed by atoms with Crippen molar-refractivity contribution in [3.05, 3.63) is 226 Å². The fraction of sp³-hybridized carbons (Fsp3) is 0.417. The molecule has 1 unspecified atom stereocenters. The number of aromatic hydroxyl groups is 5. The highest BCUT2D eigenvalue weighted by molar-refractivity contribution is 5.96. The lowest BCUT2D eigenvalue weighted by Gasteiger charge is -2.37. The average Bonchev–Trinajstić information content (AvgIpc) is 1.43. The number of fused-ring (bicyclic) bond motifs is 15. The number of pyridine rings is 5. The maximum absolute atomic E-state index is 12.3. The van der Waals surface area contributed by atoms with E-state index < -0.39 is 114 Å². The van der Waals surface area contributed by atoms with Crippen LogP contribution < -0.4 is 63.3 Å². The number of likely N-dealkylation sites (N-methyl/N-ethyl adjacent to an activating group) is 2. The zero-order valence-corrected chi connectivity index (χ0v) is 78.3. The molecule has 728 valence electrons. The van der Waals surface area contributed by atoms with Crippen LogP contribution in [-0.2, 0) is 64.2 Å². The number of piperidine rings is 3. The molecule has 20 rings (SSSR count). The van der Waals surface area contributed by atoms with Gasteiger partial charge in [0.1, 0.15) is 28.7 Å². The van der Waals surface area contributed by atoms with Gasteiger partial charge < -0.3 is 126 Å². The van der Waals surface area contributed by atoms with Crippen molar-refractivity contribution in [2.24, 2.45) is 0 Å². The first-order valence-electron chi connectivity index (χ1n) is 47.7. The van der Waals surface area contributed by atoms with Gasteiger partial charge in [-0.05, 0) is 272 Å². The lowest BCUT2D eigenvalue weighted by molar-refractivity contribution is 0.0680. The molecular formula is C103H121N15O20. The minimum Gasteiger partial charge on any atom is -0.506 e.